The van der Waals surface area contributed by atoms with Gasteiger partial charge in [-0.1, -0.05) is 18.2 Å². The summed E-state index contributed by atoms with van der Waals surface area (Å²) < 4.78 is 5.78. The van der Waals surface area contributed by atoms with Crippen LogP contribution >= 0.6 is 0 Å². The summed E-state index contributed by atoms with van der Waals surface area (Å²) in [6, 6.07) is 9.99. The highest BCUT2D eigenvalue weighted by Gasteiger charge is 2.45. The number of rotatable bonds is 4. The molecule has 3 heterocycles. The van der Waals surface area contributed by atoms with E-state index in [0.29, 0.717) is 37.4 Å². The maximum Gasteiger partial charge on any atom is 0.262 e. The highest BCUT2D eigenvalue weighted by Crippen LogP contribution is 2.35. The third kappa shape index (κ3) is 3.21. The lowest BCUT2D eigenvalue weighted by molar-refractivity contribution is -0.136. The summed E-state index contributed by atoms with van der Waals surface area (Å²) in [6.07, 6.45) is 0.220. The van der Waals surface area contributed by atoms with Crippen molar-refractivity contribution in [3.63, 3.8) is 0 Å². The summed E-state index contributed by atoms with van der Waals surface area (Å²) in [4.78, 5) is 53.2. The number of carbonyl (C=O) groups is 4. The van der Waals surface area contributed by atoms with E-state index in [1.165, 1.54) is 0 Å². The average Bonchev–Trinajstić information content (AvgIpc) is 3.04. The van der Waals surface area contributed by atoms with E-state index in [-0.39, 0.29) is 18.4 Å². The zero-order valence-corrected chi connectivity index (χ0v) is 17.3. The van der Waals surface area contributed by atoms with E-state index >= 15 is 0 Å². The molecule has 0 aliphatic carbocycles. The van der Waals surface area contributed by atoms with Gasteiger partial charge in [0.2, 0.25) is 11.8 Å². The molecule has 0 aromatic heterocycles. The number of carbonyl (C=O) groups excluding carboxylic acids is 4. The lowest BCUT2D eigenvalue weighted by Gasteiger charge is -2.32. The maximum absolute atomic E-state index is 13.3. The van der Waals surface area contributed by atoms with Crippen LogP contribution in [0.5, 0.6) is 5.75 Å². The number of nitrogens with one attached hydrogen (secondary N) is 1. The minimum Gasteiger partial charge on any atom is -0.490 e. The number of anilines is 1. The Kier molecular flexibility index (Phi) is 4.90. The predicted octanol–water partition coefficient (Wildman–Crippen LogP) is 0.946. The van der Waals surface area contributed by atoms with Crippen LogP contribution in [0, 0.1) is 0 Å². The molecule has 1 fully saturated rings. The number of ether oxygens (including phenoxy) is 1. The summed E-state index contributed by atoms with van der Waals surface area (Å²) in [5, 5.41) is 2.22. The van der Waals surface area contributed by atoms with E-state index in [9.17, 15) is 19.2 Å². The molecule has 0 bridgehead atoms. The molecule has 3 N–H and O–H groups in total. The van der Waals surface area contributed by atoms with Crippen LogP contribution in [0.25, 0.3) is 0 Å². The molecular weight excluding hydrogens is 412 g/mol. The van der Waals surface area contributed by atoms with Gasteiger partial charge < -0.3 is 15.4 Å². The Hall–Kier alpha value is -3.72. The van der Waals surface area contributed by atoms with Crippen molar-refractivity contribution in [2.45, 2.75) is 32.0 Å². The number of nitrogens with zero attached hydrogens (tertiary/aromatic N) is 2. The second kappa shape index (κ2) is 7.76. The molecule has 2 aromatic rings. The molecule has 1 unspecified atom stereocenters. The number of nitrogens with two attached hydrogens (primary N) is 1. The number of piperidine rings is 1. The SMILES string of the molecule is NCc1ccc2c(c1)OCCN2Cc1cccc2c1C(=O)N(C1CCC(=O)NC1=O)C2=O. The summed E-state index contributed by atoms with van der Waals surface area (Å²) in [5.41, 5.74) is 8.89. The molecule has 0 saturated carbocycles. The van der Waals surface area contributed by atoms with E-state index in [2.05, 4.69) is 10.2 Å². The number of hydrogen-bond acceptors (Lipinski definition) is 7. The summed E-state index contributed by atoms with van der Waals surface area (Å²) in [5.74, 6) is -1.28. The first-order valence-corrected chi connectivity index (χ1v) is 10.5. The van der Waals surface area contributed by atoms with Crippen LogP contribution in [0.2, 0.25) is 0 Å². The molecule has 0 spiro atoms. The molecule has 9 heteroatoms. The third-order valence-corrected chi connectivity index (χ3v) is 6.13. The van der Waals surface area contributed by atoms with Crippen LogP contribution in [0.15, 0.2) is 36.4 Å². The second-order valence-electron chi connectivity index (χ2n) is 8.06. The Morgan fingerprint density at radius 2 is 1.94 bits per heavy atom. The Bertz CT molecular complexity index is 1160. The van der Waals surface area contributed by atoms with E-state index in [1.54, 1.807) is 12.1 Å². The molecule has 32 heavy (non-hydrogen) atoms. The highest BCUT2D eigenvalue weighted by atomic mass is 16.5. The predicted molar refractivity (Wildman–Crippen MR) is 114 cm³/mol. The Balaban J connectivity index is 1.46. The standard InChI is InChI=1S/C23H22N4O5/c24-11-13-4-5-16-18(10-13)32-9-8-26(16)12-14-2-1-3-15-20(14)23(31)27(22(15)30)17-6-7-19(28)25-21(17)29/h1-5,10,17H,6-9,11-12,24H2,(H,25,28,29). The Morgan fingerprint density at radius 3 is 2.72 bits per heavy atom. The van der Waals surface area contributed by atoms with Gasteiger partial charge in [-0.25, -0.2) is 0 Å². The molecular formula is C23H22N4O5. The van der Waals surface area contributed by atoms with Crippen molar-refractivity contribution < 1.29 is 23.9 Å². The van der Waals surface area contributed by atoms with E-state index < -0.39 is 29.7 Å². The van der Waals surface area contributed by atoms with Crippen LogP contribution in [0.3, 0.4) is 0 Å². The normalized spacial score (nSPS) is 20.1. The van der Waals surface area contributed by atoms with Crippen LogP contribution in [-0.4, -0.2) is 47.7 Å². The largest absolute Gasteiger partial charge is 0.490 e. The number of amides is 4. The number of fused-ring (bicyclic) bond motifs is 2. The quantitative estimate of drug-likeness (QED) is 0.687. The van der Waals surface area contributed by atoms with Crippen molar-refractivity contribution in [3.8, 4) is 5.75 Å². The van der Waals surface area contributed by atoms with Crippen molar-refractivity contribution in [2.24, 2.45) is 5.73 Å². The van der Waals surface area contributed by atoms with Crippen molar-refractivity contribution in [1.82, 2.24) is 10.2 Å². The van der Waals surface area contributed by atoms with Gasteiger partial charge in [-0.2, -0.15) is 0 Å². The van der Waals surface area contributed by atoms with Gasteiger partial charge in [0, 0.05) is 19.5 Å². The summed E-state index contributed by atoms with van der Waals surface area (Å²) >= 11 is 0. The Morgan fingerprint density at radius 1 is 1.09 bits per heavy atom. The van der Waals surface area contributed by atoms with Gasteiger partial charge in [0.1, 0.15) is 18.4 Å². The minimum atomic E-state index is -0.980. The van der Waals surface area contributed by atoms with Crippen molar-refractivity contribution in [3.05, 3.63) is 58.7 Å². The number of benzene rings is 2. The van der Waals surface area contributed by atoms with Crippen LogP contribution in [0.1, 0.15) is 44.7 Å². The molecule has 0 radical (unpaired) electrons. The molecule has 5 rings (SSSR count). The molecule has 4 amide bonds. The highest BCUT2D eigenvalue weighted by molar-refractivity contribution is 6.24. The number of imide groups is 2. The topological polar surface area (TPSA) is 122 Å². The molecule has 1 saturated heterocycles. The van der Waals surface area contributed by atoms with E-state index in [4.69, 9.17) is 10.5 Å². The zero-order valence-electron chi connectivity index (χ0n) is 17.3. The smallest absolute Gasteiger partial charge is 0.262 e. The molecule has 3 aliphatic rings. The first-order valence-electron chi connectivity index (χ1n) is 10.5. The fraction of sp³-hybridized carbons (Fsp3) is 0.304. The van der Waals surface area contributed by atoms with Crippen molar-refractivity contribution in [1.29, 1.82) is 0 Å². The zero-order chi connectivity index (χ0) is 22.4. The first kappa shape index (κ1) is 20.2. The average molecular weight is 434 g/mol. The van der Waals surface area contributed by atoms with Gasteiger partial charge in [-0.3, -0.25) is 29.4 Å². The van der Waals surface area contributed by atoms with Crippen LogP contribution in [0.4, 0.5) is 5.69 Å². The maximum atomic E-state index is 13.3. The molecule has 164 valence electrons. The number of hydrogen-bond donors (Lipinski definition) is 2. The fourth-order valence-corrected chi connectivity index (χ4v) is 4.54. The lowest BCUT2D eigenvalue weighted by atomic mass is 10.0. The van der Waals surface area contributed by atoms with Gasteiger partial charge in [-0.05, 0) is 35.7 Å². The second-order valence-corrected chi connectivity index (χ2v) is 8.06. The van der Waals surface area contributed by atoms with Crippen LogP contribution in [-0.2, 0) is 22.7 Å². The molecule has 2 aromatic carbocycles. The monoisotopic (exact) mass is 434 g/mol. The minimum absolute atomic E-state index is 0.0893. The third-order valence-electron chi connectivity index (χ3n) is 6.13. The molecule has 3 aliphatic heterocycles. The van der Waals surface area contributed by atoms with Gasteiger partial charge in [0.25, 0.3) is 11.8 Å². The van der Waals surface area contributed by atoms with E-state index in [1.807, 2.05) is 24.3 Å². The van der Waals surface area contributed by atoms with Crippen molar-refractivity contribution >= 4 is 29.3 Å². The van der Waals surface area contributed by atoms with E-state index in [0.717, 1.165) is 21.9 Å². The lowest BCUT2D eigenvalue weighted by Crippen LogP contribution is -2.54. The first-order chi connectivity index (χ1) is 15.5. The molecule has 9 nitrogen and oxygen atoms in total. The van der Waals surface area contributed by atoms with Gasteiger partial charge in [0.05, 0.1) is 23.4 Å². The fourth-order valence-electron chi connectivity index (χ4n) is 4.54. The summed E-state index contributed by atoms with van der Waals surface area (Å²) in [7, 11) is 0. The molecule has 1 atom stereocenters. The van der Waals surface area contributed by atoms with Gasteiger partial charge >= 0.3 is 0 Å². The van der Waals surface area contributed by atoms with Gasteiger partial charge in [-0.15, -0.1) is 0 Å². The summed E-state index contributed by atoms with van der Waals surface area (Å²) in [6.45, 7) is 1.93. The van der Waals surface area contributed by atoms with Crippen LogP contribution < -0.4 is 20.7 Å². The van der Waals surface area contributed by atoms with Crippen molar-refractivity contribution in [2.75, 3.05) is 18.1 Å². The van der Waals surface area contributed by atoms with Gasteiger partial charge in [0.15, 0.2) is 0 Å². The Labute approximate surface area is 184 Å².